The number of hydrogen-bond acceptors (Lipinski definition) is 4. The van der Waals surface area contributed by atoms with Crippen LogP contribution in [0.25, 0.3) is 0 Å². The normalized spacial score (nSPS) is 22.3. The largest absolute Gasteiger partial charge is 0.357 e. The lowest BCUT2D eigenvalue weighted by Gasteiger charge is -2.22. The van der Waals surface area contributed by atoms with Gasteiger partial charge in [-0.2, -0.15) is 0 Å². The van der Waals surface area contributed by atoms with Gasteiger partial charge in [-0.1, -0.05) is 6.42 Å². The molecule has 0 amide bonds. The molecule has 1 aliphatic rings. The molecule has 14 heavy (non-hydrogen) atoms. The molecule has 2 rings (SSSR count). The molecule has 0 aromatic carbocycles. The first-order valence-electron chi connectivity index (χ1n) is 5.13. The smallest absolute Gasteiger partial charge is 0.224 e. The fraction of sp³-hybridized carbons (Fsp3) is 0.778. The summed E-state index contributed by atoms with van der Waals surface area (Å²) in [6, 6.07) is 0.378. The molecule has 0 radical (unpaired) electrons. The number of nitrogens with one attached hydrogen (secondary N) is 2. The molecule has 0 saturated carbocycles. The predicted molar refractivity (Wildman–Crippen MR) is 55.1 cm³/mol. The maximum absolute atomic E-state index is 4.20. The molecule has 2 heterocycles. The van der Waals surface area contributed by atoms with Crippen molar-refractivity contribution in [3.8, 4) is 0 Å². The summed E-state index contributed by atoms with van der Waals surface area (Å²) in [4.78, 5) is 0. The fourth-order valence-corrected chi connectivity index (χ4v) is 1.93. The maximum atomic E-state index is 4.20. The topological polar surface area (TPSA) is 54.8 Å². The molecular weight excluding hydrogens is 178 g/mol. The molecule has 1 atom stereocenters. The van der Waals surface area contributed by atoms with Crippen LogP contribution in [0.1, 0.15) is 31.1 Å². The molecule has 1 aromatic heterocycles. The standard InChI is InChI=1S/C9H17N5/c1-10-9-13-12-8(14(9)2)7-5-3-4-6-11-7/h7,11H,3-6H2,1-2H3,(H,10,13)/t7-/m0/s1. The second-order valence-corrected chi connectivity index (χ2v) is 3.69. The first kappa shape index (κ1) is 9.45. The number of aromatic nitrogens is 3. The van der Waals surface area contributed by atoms with E-state index in [1.807, 2.05) is 18.7 Å². The molecule has 0 unspecified atom stereocenters. The molecule has 5 nitrogen and oxygen atoms in total. The zero-order chi connectivity index (χ0) is 9.97. The van der Waals surface area contributed by atoms with Crippen LogP contribution < -0.4 is 10.6 Å². The molecule has 1 fully saturated rings. The van der Waals surface area contributed by atoms with Crippen molar-refractivity contribution in [2.45, 2.75) is 25.3 Å². The van der Waals surface area contributed by atoms with Crippen molar-refractivity contribution in [1.82, 2.24) is 20.1 Å². The van der Waals surface area contributed by atoms with Crippen LogP contribution in [-0.2, 0) is 7.05 Å². The third kappa shape index (κ3) is 1.59. The van der Waals surface area contributed by atoms with Crippen LogP contribution >= 0.6 is 0 Å². The Hall–Kier alpha value is -1.10. The van der Waals surface area contributed by atoms with E-state index in [9.17, 15) is 0 Å². The second-order valence-electron chi connectivity index (χ2n) is 3.69. The summed E-state index contributed by atoms with van der Waals surface area (Å²) in [7, 11) is 3.86. The van der Waals surface area contributed by atoms with Gasteiger partial charge in [0.05, 0.1) is 6.04 Å². The van der Waals surface area contributed by atoms with Crippen molar-refractivity contribution < 1.29 is 0 Å². The van der Waals surface area contributed by atoms with Crippen molar-refractivity contribution in [2.75, 3.05) is 18.9 Å². The summed E-state index contributed by atoms with van der Waals surface area (Å²) < 4.78 is 2.02. The van der Waals surface area contributed by atoms with Gasteiger partial charge in [0.25, 0.3) is 0 Å². The van der Waals surface area contributed by atoms with Crippen LogP contribution in [0.2, 0.25) is 0 Å². The average Bonchev–Trinajstić information content (AvgIpc) is 2.61. The molecule has 2 N–H and O–H groups in total. The minimum atomic E-state index is 0.378. The first-order valence-corrected chi connectivity index (χ1v) is 5.13. The van der Waals surface area contributed by atoms with Crippen LogP contribution in [0.5, 0.6) is 0 Å². The highest BCUT2D eigenvalue weighted by Crippen LogP contribution is 2.22. The van der Waals surface area contributed by atoms with Gasteiger partial charge in [0, 0.05) is 14.1 Å². The quantitative estimate of drug-likeness (QED) is 0.728. The molecule has 78 valence electrons. The Labute approximate surface area is 83.9 Å². The lowest BCUT2D eigenvalue weighted by molar-refractivity contribution is 0.390. The molecule has 1 saturated heterocycles. The highest BCUT2D eigenvalue weighted by atomic mass is 15.3. The van der Waals surface area contributed by atoms with E-state index in [2.05, 4.69) is 20.8 Å². The molecule has 0 aliphatic carbocycles. The first-order chi connectivity index (χ1) is 6.83. The number of nitrogens with zero attached hydrogens (tertiary/aromatic N) is 3. The van der Waals surface area contributed by atoms with Gasteiger partial charge in [-0.3, -0.25) is 4.57 Å². The number of anilines is 1. The number of piperidine rings is 1. The van der Waals surface area contributed by atoms with Gasteiger partial charge >= 0.3 is 0 Å². The average molecular weight is 195 g/mol. The SMILES string of the molecule is CNc1nnc([C@@H]2CCCCN2)n1C. The Morgan fingerprint density at radius 1 is 1.43 bits per heavy atom. The van der Waals surface area contributed by atoms with E-state index in [-0.39, 0.29) is 0 Å². The third-order valence-corrected chi connectivity index (χ3v) is 2.75. The van der Waals surface area contributed by atoms with Crippen molar-refractivity contribution in [3.63, 3.8) is 0 Å². The van der Waals surface area contributed by atoms with E-state index in [0.29, 0.717) is 6.04 Å². The minimum Gasteiger partial charge on any atom is -0.357 e. The predicted octanol–water partition coefficient (Wildman–Crippen LogP) is 0.671. The molecule has 5 heteroatoms. The lowest BCUT2D eigenvalue weighted by atomic mass is 10.0. The van der Waals surface area contributed by atoms with E-state index in [1.54, 1.807) is 0 Å². The summed E-state index contributed by atoms with van der Waals surface area (Å²) in [6.07, 6.45) is 3.71. The van der Waals surface area contributed by atoms with Crippen molar-refractivity contribution >= 4 is 5.95 Å². The minimum absolute atomic E-state index is 0.378. The van der Waals surface area contributed by atoms with Gasteiger partial charge in [-0.15, -0.1) is 10.2 Å². The highest BCUT2D eigenvalue weighted by molar-refractivity contribution is 5.24. The van der Waals surface area contributed by atoms with Gasteiger partial charge in [0.15, 0.2) is 5.82 Å². The van der Waals surface area contributed by atoms with E-state index in [0.717, 1.165) is 24.7 Å². The zero-order valence-electron chi connectivity index (χ0n) is 8.75. The molecule has 0 spiro atoms. The Morgan fingerprint density at radius 3 is 2.86 bits per heavy atom. The van der Waals surface area contributed by atoms with Crippen LogP contribution in [0.4, 0.5) is 5.95 Å². The fourth-order valence-electron chi connectivity index (χ4n) is 1.93. The van der Waals surface area contributed by atoms with E-state index in [4.69, 9.17) is 0 Å². The Kier molecular flexibility index (Phi) is 2.67. The number of hydrogen-bond donors (Lipinski definition) is 2. The highest BCUT2D eigenvalue weighted by Gasteiger charge is 2.20. The molecular formula is C9H17N5. The third-order valence-electron chi connectivity index (χ3n) is 2.75. The Bertz CT molecular complexity index is 300. The van der Waals surface area contributed by atoms with Crippen molar-refractivity contribution in [3.05, 3.63) is 5.82 Å². The summed E-state index contributed by atoms with van der Waals surface area (Å²) in [5.74, 6) is 1.86. The van der Waals surface area contributed by atoms with Crippen LogP contribution in [0.3, 0.4) is 0 Å². The van der Waals surface area contributed by atoms with E-state index in [1.165, 1.54) is 12.8 Å². The molecule has 1 aromatic rings. The Morgan fingerprint density at radius 2 is 2.29 bits per heavy atom. The monoisotopic (exact) mass is 195 g/mol. The van der Waals surface area contributed by atoms with E-state index >= 15 is 0 Å². The van der Waals surface area contributed by atoms with Gasteiger partial charge in [-0.05, 0) is 19.4 Å². The molecule has 1 aliphatic heterocycles. The second kappa shape index (κ2) is 3.96. The van der Waals surface area contributed by atoms with Crippen molar-refractivity contribution in [2.24, 2.45) is 7.05 Å². The lowest BCUT2D eigenvalue weighted by Crippen LogP contribution is -2.29. The van der Waals surface area contributed by atoms with Crippen LogP contribution in [-0.4, -0.2) is 28.4 Å². The molecule has 0 bridgehead atoms. The van der Waals surface area contributed by atoms with Gasteiger partial charge in [-0.25, -0.2) is 0 Å². The summed E-state index contributed by atoms with van der Waals surface area (Å²) in [5, 5.41) is 14.7. The van der Waals surface area contributed by atoms with Crippen molar-refractivity contribution in [1.29, 1.82) is 0 Å². The van der Waals surface area contributed by atoms with Gasteiger partial charge in [0.2, 0.25) is 5.95 Å². The number of rotatable bonds is 2. The Balaban J connectivity index is 2.18. The van der Waals surface area contributed by atoms with E-state index < -0.39 is 0 Å². The summed E-state index contributed by atoms with van der Waals surface area (Å²) in [5.41, 5.74) is 0. The summed E-state index contributed by atoms with van der Waals surface area (Å²) in [6.45, 7) is 1.09. The van der Waals surface area contributed by atoms with Crippen LogP contribution in [0.15, 0.2) is 0 Å². The van der Waals surface area contributed by atoms with Crippen LogP contribution in [0, 0.1) is 0 Å². The zero-order valence-corrected chi connectivity index (χ0v) is 8.75. The van der Waals surface area contributed by atoms with Gasteiger partial charge < -0.3 is 10.6 Å². The summed E-state index contributed by atoms with van der Waals surface area (Å²) >= 11 is 0. The van der Waals surface area contributed by atoms with Gasteiger partial charge in [0.1, 0.15) is 0 Å². The maximum Gasteiger partial charge on any atom is 0.224 e.